The molecule has 0 radical (unpaired) electrons. The summed E-state index contributed by atoms with van der Waals surface area (Å²) in [4.78, 5) is 0. The zero-order valence-electron chi connectivity index (χ0n) is 11.0. The van der Waals surface area contributed by atoms with E-state index in [4.69, 9.17) is 4.74 Å². The molecule has 3 heteroatoms. The van der Waals surface area contributed by atoms with Gasteiger partial charge in [-0.15, -0.1) is 0 Å². The second-order valence-corrected chi connectivity index (χ2v) is 4.94. The van der Waals surface area contributed by atoms with E-state index < -0.39 is 0 Å². The Hall–Kier alpha value is -0.930. The zero-order valence-corrected chi connectivity index (χ0v) is 11.0. The van der Waals surface area contributed by atoms with Crippen molar-refractivity contribution in [3.8, 4) is 0 Å². The van der Waals surface area contributed by atoms with Gasteiger partial charge < -0.3 is 10.1 Å². The largest absolute Gasteiger partial charge is 0.379 e. The molecule has 1 unspecified atom stereocenters. The van der Waals surface area contributed by atoms with Crippen LogP contribution in [-0.2, 0) is 4.74 Å². The first kappa shape index (κ1) is 13.5. The smallest absolute Gasteiger partial charge is 0.128 e. The lowest BCUT2D eigenvalue weighted by Gasteiger charge is -2.19. The van der Waals surface area contributed by atoms with E-state index in [0.717, 1.165) is 25.5 Å². The molecule has 0 saturated heterocycles. The topological polar surface area (TPSA) is 21.3 Å². The Kier molecular flexibility index (Phi) is 5.14. The van der Waals surface area contributed by atoms with Crippen LogP contribution in [0.2, 0.25) is 0 Å². The van der Waals surface area contributed by atoms with Gasteiger partial charge in [0.15, 0.2) is 0 Å². The maximum absolute atomic E-state index is 13.7. The van der Waals surface area contributed by atoms with Gasteiger partial charge in [-0.1, -0.05) is 38.0 Å². The Morgan fingerprint density at radius 3 is 2.83 bits per heavy atom. The van der Waals surface area contributed by atoms with E-state index in [1.807, 2.05) is 19.1 Å². The van der Waals surface area contributed by atoms with Crippen molar-refractivity contribution < 1.29 is 9.13 Å². The van der Waals surface area contributed by atoms with Crippen LogP contribution >= 0.6 is 0 Å². The van der Waals surface area contributed by atoms with Crippen LogP contribution in [0.15, 0.2) is 24.3 Å². The maximum Gasteiger partial charge on any atom is 0.128 e. The summed E-state index contributed by atoms with van der Waals surface area (Å²) in [6.07, 6.45) is 3.86. The van der Waals surface area contributed by atoms with Crippen molar-refractivity contribution in [1.82, 2.24) is 5.32 Å². The third-order valence-corrected chi connectivity index (χ3v) is 3.38. The summed E-state index contributed by atoms with van der Waals surface area (Å²) in [5.41, 5.74) is 0.700. The van der Waals surface area contributed by atoms with Crippen molar-refractivity contribution in [2.45, 2.75) is 32.2 Å². The molecule has 0 aromatic heterocycles. The summed E-state index contributed by atoms with van der Waals surface area (Å²) in [5.74, 6) is 0.727. The molecule has 100 valence electrons. The molecule has 1 aliphatic rings. The van der Waals surface area contributed by atoms with E-state index in [1.165, 1.54) is 18.9 Å². The van der Waals surface area contributed by atoms with Crippen LogP contribution in [0.1, 0.15) is 37.8 Å². The summed E-state index contributed by atoms with van der Waals surface area (Å²) in [6.45, 7) is 4.17. The Morgan fingerprint density at radius 2 is 2.17 bits per heavy atom. The van der Waals surface area contributed by atoms with E-state index in [1.54, 1.807) is 6.07 Å². The average Bonchev–Trinajstić information content (AvgIpc) is 3.18. The van der Waals surface area contributed by atoms with Crippen molar-refractivity contribution in [3.63, 3.8) is 0 Å². The Labute approximate surface area is 109 Å². The molecule has 1 aromatic rings. The number of benzene rings is 1. The SMILES string of the molecule is CCNC(COCCC1CC1)c1ccccc1F. The highest BCUT2D eigenvalue weighted by Gasteiger charge is 2.21. The standard InChI is InChI=1S/C15H22FNO/c1-2-17-15(11-18-10-9-12-7-8-12)13-5-3-4-6-14(13)16/h3-6,12,15,17H,2,7-11H2,1H3. The fraction of sp³-hybridized carbons (Fsp3) is 0.600. The van der Waals surface area contributed by atoms with E-state index >= 15 is 0 Å². The molecule has 0 heterocycles. The van der Waals surface area contributed by atoms with Gasteiger partial charge in [0, 0.05) is 12.2 Å². The number of halogens is 1. The highest BCUT2D eigenvalue weighted by molar-refractivity contribution is 5.21. The molecule has 1 saturated carbocycles. The number of nitrogens with one attached hydrogen (secondary N) is 1. The average molecular weight is 251 g/mol. The number of likely N-dealkylation sites (N-methyl/N-ethyl adjacent to an activating group) is 1. The molecule has 1 fully saturated rings. The van der Waals surface area contributed by atoms with Crippen LogP contribution in [0.25, 0.3) is 0 Å². The quantitative estimate of drug-likeness (QED) is 0.716. The summed E-state index contributed by atoms with van der Waals surface area (Å²) in [7, 11) is 0. The number of ether oxygens (including phenoxy) is 1. The molecule has 0 spiro atoms. The highest BCUT2D eigenvalue weighted by atomic mass is 19.1. The molecule has 0 bridgehead atoms. The molecule has 1 aromatic carbocycles. The summed E-state index contributed by atoms with van der Waals surface area (Å²) >= 11 is 0. The highest BCUT2D eigenvalue weighted by Crippen LogP contribution is 2.32. The first-order valence-corrected chi connectivity index (χ1v) is 6.86. The van der Waals surface area contributed by atoms with Crippen LogP contribution < -0.4 is 5.32 Å². The molecule has 2 rings (SSSR count). The van der Waals surface area contributed by atoms with Crippen molar-refractivity contribution >= 4 is 0 Å². The zero-order chi connectivity index (χ0) is 12.8. The van der Waals surface area contributed by atoms with Crippen LogP contribution in [0, 0.1) is 11.7 Å². The molecular weight excluding hydrogens is 229 g/mol. The van der Waals surface area contributed by atoms with Gasteiger partial charge in [0.2, 0.25) is 0 Å². The Morgan fingerprint density at radius 1 is 1.39 bits per heavy atom. The molecular formula is C15H22FNO. The first-order chi connectivity index (χ1) is 8.81. The number of hydrogen-bond donors (Lipinski definition) is 1. The van der Waals surface area contributed by atoms with Crippen LogP contribution in [0.3, 0.4) is 0 Å². The van der Waals surface area contributed by atoms with Crippen LogP contribution in [-0.4, -0.2) is 19.8 Å². The lowest BCUT2D eigenvalue weighted by molar-refractivity contribution is 0.106. The van der Waals surface area contributed by atoms with Gasteiger partial charge in [-0.05, 0) is 24.9 Å². The van der Waals surface area contributed by atoms with Crippen LogP contribution in [0.4, 0.5) is 4.39 Å². The van der Waals surface area contributed by atoms with Crippen molar-refractivity contribution in [3.05, 3.63) is 35.6 Å². The van der Waals surface area contributed by atoms with Gasteiger partial charge in [-0.3, -0.25) is 0 Å². The first-order valence-electron chi connectivity index (χ1n) is 6.86. The molecule has 1 N–H and O–H groups in total. The molecule has 0 aliphatic heterocycles. The predicted molar refractivity (Wildman–Crippen MR) is 71.0 cm³/mol. The fourth-order valence-corrected chi connectivity index (χ4v) is 2.12. The van der Waals surface area contributed by atoms with Gasteiger partial charge in [0.1, 0.15) is 5.82 Å². The normalized spacial score (nSPS) is 16.8. The van der Waals surface area contributed by atoms with Gasteiger partial charge in [-0.2, -0.15) is 0 Å². The lowest BCUT2D eigenvalue weighted by Crippen LogP contribution is -2.26. The Balaban J connectivity index is 1.84. The number of hydrogen-bond acceptors (Lipinski definition) is 2. The monoisotopic (exact) mass is 251 g/mol. The van der Waals surface area contributed by atoms with Gasteiger partial charge in [0.05, 0.1) is 12.6 Å². The van der Waals surface area contributed by atoms with Crippen molar-refractivity contribution in [2.75, 3.05) is 19.8 Å². The van der Waals surface area contributed by atoms with E-state index in [0.29, 0.717) is 12.2 Å². The van der Waals surface area contributed by atoms with Crippen LogP contribution in [0.5, 0.6) is 0 Å². The molecule has 1 atom stereocenters. The van der Waals surface area contributed by atoms with E-state index in [2.05, 4.69) is 5.32 Å². The van der Waals surface area contributed by atoms with Gasteiger partial charge in [0.25, 0.3) is 0 Å². The maximum atomic E-state index is 13.7. The molecule has 1 aliphatic carbocycles. The van der Waals surface area contributed by atoms with Gasteiger partial charge >= 0.3 is 0 Å². The third-order valence-electron chi connectivity index (χ3n) is 3.38. The minimum absolute atomic E-state index is 0.0459. The fourth-order valence-electron chi connectivity index (χ4n) is 2.12. The molecule has 2 nitrogen and oxygen atoms in total. The summed E-state index contributed by atoms with van der Waals surface area (Å²) in [5, 5.41) is 3.28. The van der Waals surface area contributed by atoms with E-state index in [-0.39, 0.29) is 11.9 Å². The van der Waals surface area contributed by atoms with Crippen molar-refractivity contribution in [2.24, 2.45) is 5.92 Å². The molecule has 18 heavy (non-hydrogen) atoms. The molecule has 0 amide bonds. The predicted octanol–water partition coefficient (Wildman–Crippen LogP) is 3.29. The van der Waals surface area contributed by atoms with Gasteiger partial charge in [-0.25, -0.2) is 4.39 Å². The minimum atomic E-state index is -0.158. The van der Waals surface area contributed by atoms with Crippen molar-refractivity contribution in [1.29, 1.82) is 0 Å². The summed E-state index contributed by atoms with van der Waals surface area (Å²) < 4.78 is 19.4. The summed E-state index contributed by atoms with van der Waals surface area (Å²) in [6, 6.07) is 6.87. The second-order valence-electron chi connectivity index (χ2n) is 4.94. The minimum Gasteiger partial charge on any atom is -0.379 e. The number of rotatable bonds is 8. The lowest BCUT2D eigenvalue weighted by atomic mass is 10.1. The third kappa shape index (κ3) is 4.07. The second kappa shape index (κ2) is 6.86. The van der Waals surface area contributed by atoms with E-state index in [9.17, 15) is 4.39 Å². The Bertz CT molecular complexity index is 365.